The zero-order valence-corrected chi connectivity index (χ0v) is 20.9. The highest BCUT2D eigenvalue weighted by Gasteiger charge is 2.12. The summed E-state index contributed by atoms with van der Waals surface area (Å²) in [6, 6.07) is 16.2. The van der Waals surface area contributed by atoms with Crippen molar-refractivity contribution in [1.82, 2.24) is 4.57 Å². The zero-order valence-electron chi connectivity index (χ0n) is 20.9. The van der Waals surface area contributed by atoms with Gasteiger partial charge in [0.05, 0.1) is 6.61 Å². The highest BCUT2D eigenvalue weighted by molar-refractivity contribution is 6.04. The molecule has 0 atom stereocenters. The normalized spacial score (nSPS) is 11.7. The van der Waals surface area contributed by atoms with Crippen LogP contribution in [0.2, 0.25) is 0 Å². The van der Waals surface area contributed by atoms with E-state index in [-0.39, 0.29) is 12.3 Å². The summed E-state index contributed by atoms with van der Waals surface area (Å²) < 4.78 is 7.98. The van der Waals surface area contributed by atoms with Crippen LogP contribution in [0.4, 0.5) is 5.69 Å². The van der Waals surface area contributed by atoms with Crippen molar-refractivity contribution >= 4 is 34.0 Å². The van der Waals surface area contributed by atoms with Crippen LogP contribution in [0.3, 0.4) is 0 Å². The van der Waals surface area contributed by atoms with E-state index >= 15 is 0 Å². The SMILES string of the molecule is CCCC(CCC)n1ccc2cc(/C(C)=C/C(=O)Nc3cccc(OCCCC(=O)O)c3)ccc21. The number of anilines is 1. The van der Waals surface area contributed by atoms with E-state index < -0.39 is 5.97 Å². The molecule has 0 saturated carbocycles. The Morgan fingerprint density at radius 3 is 2.57 bits per heavy atom. The molecule has 2 N–H and O–H groups in total. The molecule has 0 aliphatic rings. The Bertz CT molecular complexity index is 1170. The first-order chi connectivity index (χ1) is 16.9. The molecular formula is C29H36N2O4. The summed E-state index contributed by atoms with van der Waals surface area (Å²) in [6.07, 6.45) is 8.97. The minimum Gasteiger partial charge on any atom is -0.494 e. The van der Waals surface area contributed by atoms with Crippen LogP contribution in [0.5, 0.6) is 5.75 Å². The molecule has 0 fully saturated rings. The number of amides is 1. The number of aromatic nitrogens is 1. The second-order valence-corrected chi connectivity index (χ2v) is 8.92. The van der Waals surface area contributed by atoms with E-state index in [4.69, 9.17) is 9.84 Å². The summed E-state index contributed by atoms with van der Waals surface area (Å²) in [5, 5.41) is 12.8. The first kappa shape index (κ1) is 26.1. The number of nitrogens with zero attached hydrogens (tertiary/aromatic N) is 1. The number of rotatable bonds is 13. The van der Waals surface area contributed by atoms with Gasteiger partial charge in [-0.25, -0.2) is 0 Å². The molecule has 0 aliphatic heterocycles. The number of allylic oxidation sites excluding steroid dienone is 1. The first-order valence-electron chi connectivity index (χ1n) is 12.5. The topological polar surface area (TPSA) is 80.6 Å². The fraction of sp³-hybridized carbons (Fsp3) is 0.379. The maximum absolute atomic E-state index is 12.6. The second-order valence-electron chi connectivity index (χ2n) is 8.92. The number of carbonyl (C=O) groups excluding carboxylic acids is 1. The van der Waals surface area contributed by atoms with E-state index in [2.05, 4.69) is 54.2 Å². The smallest absolute Gasteiger partial charge is 0.303 e. The minimum absolute atomic E-state index is 0.0646. The molecule has 6 nitrogen and oxygen atoms in total. The molecule has 6 heteroatoms. The molecule has 35 heavy (non-hydrogen) atoms. The van der Waals surface area contributed by atoms with Crippen LogP contribution >= 0.6 is 0 Å². The number of ether oxygens (including phenoxy) is 1. The fourth-order valence-electron chi connectivity index (χ4n) is 4.35. The van der Waals surface area contributed by atoms with E-state index in [1.54, 1.807) is 30.3 Å². The van der Waals surface area contributed by atoms with Crippen LogP contribution in [0.25, 0.3) is 16.5 Å². The lowest BCUT2D eigenvalue weighted by Gasteiger charge is -2.19. The van der Waals surface area contributed by atoms with E-state index in [1.807, 2.05) is 6.92 Å². The molecule has 0 saturated heterocycles. The Hall–Kier alpha value is -3.54. The lowest BCUT2D eigenvalue weighted by atomic mass is 10.0. The Kier molecular flexibility index (Phi) is 9.53. The number of aliphatic carboxylic acids is 1. The molecule has 0 unspecified atom stereocenters. The number of hydrogen-bond donors (Lipinski definition) is 2. The summed E-state index contributed by atoms with van der Waals surface area (Å²) in [5.74, 6) is -0.465. The van der Waals surface area contributed by atoms with Gasteiger partial charge >= 0.3 is 5.97 Å². The van der Waals surface area contributed by atoms with Gasteiger partial charge in [-0.15, -0.1) is 0 Å². The average molecular weight is 477 g/mol. The number of hydrogen-bond acceptors (Lipinski definition) is 3. The maximum atomic E-state index is 12.6. The van der Waals surface area contributed by atoms with E-state index in [0.717, 1.165) is 11.1 Å². The molecule has 1 aromatic heterocycles. The Morgan fingerprint density at radius 1 is 1.09 bits per heavy atom. The Labute approximate surface area is 207 Å². The predicted molar refractivity (Wildman–Crippen MR) is 142 cm³/mol. The van der Waals surface area contributed by atoms with Crippen molar-refractivity contribution in [2.24, 2.45) is 0 Å². The number of carbonyl (C=O) groups is 2. The molecule has 1 amide bonds. The fourth-order valence-corrected chi connectivity index (χ4v) is 4.35. The van der Waals surface area contributed by atoms with Crippen LogP contribution < -0.4 is 10.1 Å². The van der Waals surface area contributed by atoms with Gasteiger partial charge in [0, 0.05) is 47.4 Å². The quantitative estimate of drug-likeness (QED) is 0.204. The zero-order chi connectivity index (χ0) is 25.2. The number of benzene rings is 2. The minimum atomic E-state index is -0.842. The number of carboxylic acid groups (broad SMARTS) is 1. The van der Waals surface area contributed by atoms with Gasteiger partial charge < -0.3 is 19.7 Å². The van der Waals surface area contributed by atoms with E-state index in [0.29, 0.717) is 30.5 Å². The summed E-state index contributed by atoms with van der Waals surface area (Å²) in [6.45, 7) is 6.72. The van der Waals surface area contributed by atoms with E-state index in [1.165, 1.54) is 36.6 Å². The first-order valence-corrected chi connectivity index (χ1v) is 12.5. The van der Waals surface area contributed by atoms with Crippen molar-refractivity contribution in [1.29, 1.82) is 0 Å². The largest absolute Gasteiger partial charge is 0.494 e. The van der Waals surface area contributed by atoms with Gasteiger partial charge in [-0.2, -0.15) is 0 Å². The van der Waals surface area contributed by atoms with Gasteiger partial charge in [0.2, 0.25) is 5.91 Å². The standard InChI is InChI=1S/C29H36N2O4/c1-4-8-25(9-5-2)31-16-15-23-19-22(13-14-27(23)31)21(3)18-28(32)30-24-10-6-11-26(20-24)35-17-7-12-29(33)34/h6,10-11,13-16,18-20,25H,4-5,7-9,12,17H2,1-3H3,(H,30,32)(H,33,34)/b21-18+. The maximum Gasteiger partial charge on any atom is 0.303 e. The monoisotopic (exact) mass is 476 g/mol. The molecule has 1 heterocycles. The third kappa shape index (κ3) is 7.47. The van der Waals surface area contributed by atoms with Crippen molar-refractivity contribution in [2.45, 2.75) is 65.3 Å². The van der Waals surface area contributed by atoms with Crippen LogP contribution in [0.15, 0.2) is 60.8 Å². The molecule has 0 bridgehead atoms. The van der Waals surface area contributed by atoms with Crippen LogP contribution in [0, 0.1) is 0 Å². The number of fused-ring (bicyclic) bond motifs is 1. The van der Waals surface area contributed by atoms with Crippen LogP contribution in [0.1, 0.15) is 70.9 Å². The molecular weight excluding hydrogens is 440 g/mol. The third-order valence-corrected chi connectivity index (χ3v) is 6.07. The van der Waals surface area contributed by atoms with Gasteiger partial charge in [0.25, 0.3) is 0 Å². The third-order valence-electron chi connectivity index (χ3n) is 6.07. The summed E-state index contributed by atoms with van der Waals surface area (Å²) in [5.41, 5.74) is 3.76. The van der Waals surface area contributed by atoms with Gasteiger partial charge in [0.1, 0.15) is 5.75 Å². The lowest BCUT2D eigenvalue weighted by Crippen LogP contribution is -2.09. The van der Waals surface area contributed by atoms with Crippen molar-refractivity contribution < 1.29 is 19.4 Å². The molecule has 3 aromatic rings. The van der Waals surface area contributed by atoms with Crippen LogP contribution in [-0.2, 0) is 9.59 Å². The summed E-state index contributed by atoms with van der Waals surface area (Å²) >= 11 is 0. The Balaban J connectivity index is 1.67. The molecule has 0 spiro atoms. The summed E-state index contributed by atoms with van der Waals surface area (Å²) in [4.78, 5) is 23.3. The van der Waals surface area contributed by atoms with Crippen LogP contribution in [-0.4, -0.2) is 28.2 Å². The molecule has 186 valence electrons. The Morgan fingerprint density at radius 2 is 1.86 bits per heavy atom. The second kappa shape index (κ2) is 12.8. The average Bonchev–Trinajstić information content (AvgIpc) is 3.25. The highest BCUT2D eigenvalue weighted by Crippen LogP contribution is 2.29. The molecule has 0 radical (unpaired) electrons. The number of nitrogens with one attached hydrogen (secondary N) is 1. The summed E-state index contributed by atoms with van der Waals surface area (Å²) in [7, 11) is 0. The molecule has 0 aliphatic carbocycles. The van der Waals surface area contributed by atoms with Crippen molar-refractivity contribution in [3.05, 3.63) is 66.4 Å². The molecule has 3 rings (SSSR count). The van der Waals surface area contributed by atoms with Gasteiger partial charge in [-0.3, -0.25) is 9.59 Å². The van der Waals surface area contributed by atoms with Crippen molar-refractivity contribution in [3.63, 3.8) is 0 Å². The van der Waals surface area contributed by atoms with Crippen molar-refractivity contribution in [3.8, 4) is 5.75 Å². The van der Waals surface area contributed by atoms with Crippen molar-refractivity contribution in [2.75, 3.05) is 11.9 Å². The van der Waals surface area contributed by atoms with Gasteiger partial charge in [0.15, 0.2) is 0 Å². The van der Waals surface area contributed by atoms with Gasteiger partial charge in [-0.05, 0) is 67.7 Å². The highest BCUT2D eigenvalue weighted by atomic mass is 16.5. The van der Waals surface area contributed by atoms with Gasteiger partial charge in [-0.1, -0.05) is 38.8 Å². The van der Waals surface area contributed by atoms with E-state index in [9.17, 15) is 9.59 Å². The number of carboxylic acids is 1. The predicted octanol–water partition coefficient (Wildman–Crippen LogP) is 7.07. The lowest BCUT2D eigenvalue weighted by molar-refractivity contribution is -0.137. The molecule has 2 aromatic carbocycles.